The van der Waals surface area contributed by atoms with Gasteiger partial charge in [-0.3, -0.25) is 11.6 Å². The van der Waals surface area contributed by atoms with Crippen LogP contribution in [0.4, 0.5) is 0 Å². The van der Waals surface area contributed by atoms with Crippen molar-refractivity contribution >= 4 is 5.57 Å². The molecule has 0 bridgehead atoms. The van der Waals surface area contributed by atoms with Crippen LogP contribution < -0.4 is 0 Å². The van der Waals surface area contributed by atoms with Gasteiger partial charge < -0.3 is 5.11 Å². The van der Waals surface area contributed by atoms with Crippen molar-refractivity contribution in [2.75, 3.05) is 0 Å². The van der Waals surface area contributed by atoms with Gasteiger partial charge in [0.2, 0.25) is 0 Å². The van der Waals surface area contributed by atoms with Gasteiger partial charge in [0.1, 0.15) is 0 Å². The zero-order chi connectivity index (χ0) is 48.8. The molecule has 1 N–H and O–H groups in total. The second-order valence-electron chi connectivity index (χ2n) is 21.9. The molecule has 0 saturated carbocycles. The number of hydrogen-bond donors (Lipinski definition) is 1. The Bertz CT molecular complexity index is 2750. The number of phenolic OH excluding ortho intramolecular Hbond substituents is 1. The van der Waals surface area contributed by atoms with E-state index in [2.05, 4.69) is 231 Å². The molecular weight excluding hydrogens is 994 g/mol. The van der Waals surface area contributed by atoms with Crippen LogP contribution in [-0.2, 0) is 49.1 Å². The molecule has 0 radical (unpaired) electrons. The minimum atomic E-state index is -0.102. The summed E-state index contributed by atoms with van der Waals surface area (Å²) in [5.41, 5.74) is 19.9. The van der Waals surface area contributed by atoms with E-state index < -0.39 is 0 Å². The molecule has 352 valence electrons. The fourth-order valence-electron chi connectivity index (χ4n) is 8.05. The summed E-state index contributed by atoms with van der Waals surface area (Å²) in [6.07, 6.45) is 2.91. The molecule has 0 spiro atoms. The topological polar surface area (TPSA) is 33.1 Å². The first-order valence-corrected chi connectivity index (χ1v) is 23.6. The molecule has 7 rings (SSSR count). The van der Waals surface area contributed by atoms with Gasteiger partial charge in [0, 0.05) is 17.6 Å². The van der Waals surface area contributed by atoms with Crippen LogP contribution in [0.25, 0.3) is 50.2 Å². The summed E-state index contributed by atoms with van der Waals surface area (Å²) >= 11 is 0. The van der Waals surface area contributed by atoms with Crippen molar-refractivity contribution in [1.82, 2.24) is 4.98 Å². The summed E-state index contributed by atoms with van der Waals surface area (Å²) in [6, 6.07) is 51.0. The molecular formula is C64H75NOPt. The number of hydrogen-bond acceptors (Lipinski definition) is 2. The maximum Gasteiger partial charge on any atom is 2.00 e. The van der Waals surface area contributed by atoms with E-state index in [9.17, 15) is 5.11 Å². The zero-order valence-electron chi connectivity index (χ0n) is 43.3. The summed E-state index contributed by atoms with van der Waals surface area (Å²) in [5.74, 6) is 0.315. The molecule has 0 unspecified atom stereocenters. The number of aromatic nitrogens is 1. The first kappa shape index (κ1) is 54.3. The molecule has 1 heterocycles. The number of rotatable bonds is 6. The normalized spacial score (nSPS) is 11.6. The molecule has 0 atom stereocenters. The monoisotopic (exact) mass is 1070 g/mol. The van der Waals surface area contributed by atoms with Crippen LogP contribution in [0.2, 0.25) is 0 Å². The molecule has 0 amide bonds. The molecule has 0 aliphatic carbocycles. The van der Waals surface area contributed by atoms with E-state index in [0.29, 0.717) is 11.3 Å². The van der Waals surface area contributed by atoms with Crippen LogP contribution in [0.1, 0.15) is 141 Å². The van der Waals surface area contributed by atoms with Gasteiger partial charge in [-0.25, -0.2) is 5.57 Å². The number of aryl methyl sites for hydroxylation is 2. The molecule has 0 aliphatic rings. The van der Waals surface area contributed by atoms with Crippen molar-refractivity contribution in [3.63, 3.8) is 0 Å². The summed E-state index contributed by atoms with van der Waals surface area (Å²) in [4.78, 5) is 4.72. The van der Waals surface area contributed by atoms with Crippen LogP contribution in [-0.4, -0.2) is 10.1 Å². The Morgan fingerprint density at radius 1 is 0.537 bits per heavy atom. The number of phenols is 1. The van der Waals surface area contributed by atoms with Crippen molar-refractivity contribution < 1.29 is 26.2 Å². The summed E-state index contributed by atoms with van der Waals surface area (Å²) in [6.45, 7) is 40.7. The van der Waals surface area contributed by atoms with E-state index in [4.69, 9.17) is 11.6 Å². The van der Waals surface area contributed by atoms with Gasteiger partial charge in [-0.2, -0.15) is 0 Å². The minimum absolute atomic E-state index is 0. The summed E-state index contributed by atoms with van der Waals surface area (Å²) in [5, 5.41) is 10.4. The summed E-state index contributed by atoms with van der Waals surface area (Å²) < 4.78 is 0. The molecule has 7 aromatic rings. The molecule has 2 nitrogen and oxygen atoms in total. The third-order valence-electron chi connectivity index (χ3n) is 12.3. The first-order valence-electron chi connectivity index (χ1n) is 23.6. The van der Waals surface area contributed by atoms with Crippen LogP contribution in [0.5, 0.6) is 5.75 Å². The standard InChI is InChI=1S/C30H30N.C17H25O.C17H20.Pt/c1-6-27-21(2)11-10-14-28(27)24-17-25(19-26(18-24)30(3,4)5)29-20-23(15-16-31-29)22-12-8-7-9-13-22;1-11(2)13-9-12(16(3,4)5)10-14(15(13)18)17(6,7)8;1-13-10-11-15(17(2,3)4)12-16(13)14-8-6-5-7-9-14;/h7-16,18-20H,6H2,1-5H3;1,9-10,18H,2-8H3;5-12H,1-4H3;/q2*-1;;+2. The van der Waals surface area contributed by atoms with E-state index in [1.165, 1.54) is 61.2 Å². The van der Waals surface area contributed by atoms with Crippen LogP contribution in [0.15, 0.2) is 140 Å². The number of aromatic hydroxyl groups is 1. The molecule has 0 fully saturated rings. The number of nitrogens with zero attached hydrogens (tertiary/aromatic N) is 1. The van der Waals surface area contributed by atoms with Crippen LogP contribution in [0.3, 0.4) is 0 Å². The number of benzene rings is 6. The van der Waals surface area contributed by atoms with E-state index in [-0.39, 0.29) is 42.7 Å². The average Bonchev–Trinajstić information content (AvgIpc) is 3.26. The van der Waals surface area contributed by atoms with Crippen molar-refractivity contribution in [3.8, 4) is 50.4 Å². The van der Waals surface area contributed by atoms with Crippen molar-refractivity contribution in [3.05, 3.63) is 197 Å². The second kappa shape index (κ2) is 22.2. The fraction of sp³-hybridized carbons (Fsp3) is 0.328. The third-order valence-corrected chi connectivity index (χ3v) is 12.3. The largest absolute Gasteiger partial charge is 2.00 e. The predicted octanol–water partition coefficient (Wildman–Crippen LogP) is 17.8. The number of pyridine rings is 1. The third kappa shape index (κ3) is 14.1. The summed E-state index contributed by atoms with van der Waals surface area (Å²) in [7, 11) is 0. The van der Waals surface area contributed by atoms with Crippen molar-refractivity contribution in [2.24, 2.45) is 0 Å². The van der Waals surface area contributed by atoms with Gasteiger partial charge in [-0.1, -0.05) is 234 Å². The zero-order valence-corrected chi connectivity index (χ0v) is 45.5. The molecule has 1 aromatic heterocycles. The second-order valence-corrected chi connectivity index (χ2v) is 21.9. The molecule has 6 aromatic carbocycles. The average molecular weight is 1070 g/mol. The van der Waals surface area contributed by atoms with Gasteiger partial charge >= 0.3 is 21.1 Å². The Labute approximate surface area is 420 Å². The molecule has 67 heavy (non-hydrogen) atoms. The quantitative estimate of drug-likeness (QED) is 0.168. The van der Waals surface area contributed by atoms with Crippen molar-refractivity contribution in [1.29, 1.82) is 0 Å². The van der Waals surface area contributed by atoms with Gasteiger partial charge in [-0.05, 0) is 86.9 Å². The first-order chi connectivity index (χ1) is 30.8. The van der Waals surface area contributed by atoms with E-state index in [1.54, 1.807) is 0 Å². The predicted molar refractivity (Wildman–Crippen MR) is 286 cm³/mol. The van der Waals surface area contributed by atoms with Crippen LogP contribution in [0, 0.1) is 26.5 Å². The van der Waals surface area contributed by atoms with Crippen LogP contribution >= 0.6 is 0 Å². The minimum Gasteiger partial charge on any atom is -0.526 e. The smallest absolute Gasteiger partial charge is 0.526 e. The maximum atomic E-state index is 10.4. The molecule has 3 heteroatoms. The van der Waals surface area contributed by atoms with Gasteiger partial charge in [-0.15, -0.1) is 41.0 Å². The molecule has 0 aliphatic heterocycles. The van der Waals surface area contributed by atoms with Gasteiger partial charge in [0.15, 0.2) is 0 Å². The van der Waals surface area contributed by atoms with E-state index >= 15 is 0 Å². The fourth-order valence-corrected chi connectivity index (χ4v) is 8.05. The van der Waals surface area contributed by atoms with E-state index in [1.807, 2.05) is 25.3 Å². The maximum absolute atomic E-state index is 10.4. The Kier molecular flexibility index (Phi) is 18.0. The molecule has 0 saturated heterocycles. The van der Waals surface area contributed by atoms with Gasteiger partial charge in [0.05, 0.1) is 0 Å². The van der Waals surface area contributed by atoms with Crippen molar-refractivity contribution in [2.45, 2.75) is 139 Å². The van der Waals surface area contributed by atoms with Gasteiger partial charge in [0.25, 0.3) is 0 Å². The SMILES string of the molecule is CCc1c(C)cccc1-c1[c-]c(-c2cc(-c3ccccc3)ccn2)cc(C(C)(C)C)c1.Cc1ccc(C(C)(C)C)cc1-c1ccccc1.[CH-]=C(C)c1cc(C(C)(C)C)cc(C(C)(C)C)c1O.[Pt+2]. The Morgan fingerprint density at radius 2 is 1.09 bits per heavy atom. The Balaban J connectivity index is 0.000000234. The number of allylic oxidation sites excluding steroid dienone is 1. The Hall–Kier alpha value is -5.30. The van der Waals surface area contributed by atoms with E-state index in [0.717, 1.165) is 34.4 Å². The Morgan fingerprint density at radius 3 is 1.63 bits per heavy atom.